The number of thiazole rings is 1. The van der Waals surface area contributed by atoms with E-state index in [0.29, 0.717) is 17.1 Å². The summed E-state index contributed by atoms with van der Waals surface area (Å²) < 4.78 is 51.5. The minimum absolute atomic E-state index is 0.0163. The van der Waals surface area contributed by atoms with Gasteiger partial charge in [-0.15, -0.1) is 11.3 Å². The van der Waals surface area contributed by atoms with Crippen molar-refractivity contribution >= 4 is 11.3 Å². The van der Waals surface area contributed by atoms with Crippen LogP contribution in [0.1, 0.15) is 32.8 Å². The molecule has 1 atom stereocenters. The van der Waals surface area contributed by atoms with E-state index < -0.39 is 23.7 Å². The summed E-state index contributed by atoms with van der Waals surface area (Å²) >= 11 is 1.34. The Morgan fingerprint density at radius 1 is 1.29 bits per heavy atom. The van der Waals surface area contributed by atoms with E-state index in [4.69, 9.17) is 0 Å². The van der Waals surface area contributed by atoms with Crippen LogP contribution in [0.3, 0.4) is 0 Å². The Labute approximate surface area is 123 Å². The summed E-state index contributed by atoms with van der Waals surface area (Å²) in [6.07, 6.45) is -5.95. The normalized spacial score (nSPS) is 13.5. The van der Waals surface area contributed by atoms with Crippen molar-refractivity contribution in [2.45, 2.75) is 32.5 Å². The van der Waals surface area contributed by atoms with Gasteiger partial charge in [-0.3, -0.25) is 0 Å². The summed E-state index contributed by atoms with van der Waals surface area (Å²) in [6.45, 7) is 3.65. The van der Waals surface area contributed by atoms with E-state index in [0.717, 1.165) is 16.6 Å². The molecule has 0 aliphatic carbocycles. The van der Waals surface area contributed by atoms with Gasteiger partial charge in [0.1, 0.15) is 5.82 Å². The van der Waals surface area contributed by atoms with Gasteiger partial charge in [0.2, 0.25) is 0 Å². The summed E-state index contributed by atoms with van der Waals surface area (Å²) in [6, 6.07) is 2.02. The van der Waals surface area contributed by atoms with Gasteiger partial charge in [0.05, 0.1) is 22.4 Å². The summed E-state index contributed by atoms with van der Waals surface area (Å²) in [7, 11) is 0. The van der Waals surface area contributed by atoms with E-state index in [1.165, 1.54) is 11.3 Å². The predicted molar refractivity (Wildman–Crippen MR) is 71.7 cm³/mol. The highest BCUT2D eigenvalue weighted by Gasteiger charge is 2.32. The maximum Gasteiger partial charge on any atom is 0.416 e. The molecule has 0 fully saturated rings. The Balaban J connectivity index is 2.28. The molecule has 21 heavy (non-hydrogen) atoms. The molecule has 2 nitrogen and oxygen atoms in total. The van der Waals surface area contributed by atoms with Crippen LogP contribution >= 0.6 is 11.3 Å². The van der Waals surface area contributed by atoms with Crippen molar-refractivity contribution < 1.29 is 22.7 Å². The zero-order chi connectivity index (χ0) is 15.8. The standard InChI is InChI=1S/C14H13F4NOS/c1-7-8(2)21-13(19-7)6-12(20)10-5-9(14(16,17)18)3-4-11(10)15/h3-5,12,20H,6H2,1-2H3. The first-order chi connectivity index (χ1) is 9.68. The molecule has 1 aromatic heterocycles. The number of alkyl halides is 3. The first-order valence-corrected chi connectivity index (χ1v) is 6.97. The minimum Gasteiger partial charge on any atom is -0.388 e. The Hall–Kier alpha value is -1.47. The van der Waals surface area contributed by atoms with Gasteiger partial charge in [0.25, 0.3) is 0 Å². The fourth-order valence-electron chi connectivity index (χ4n) is 1.88. The molecule has 0 radical (unpaired) electrons. The molecule has 0 saturated carbocycles. The molecule has 1 heterocycles. The highest BCUT2D eigenvalue weighted by atomic mass is 32.1. The van der Waals surface area contributed by atoms with Crippen molar-refractivity contribution in [2.24, 2.45) is 0 Å². The summed E-state index contributed by atoms with van der Waals surface area (Å²) in [5.74, 6) is -0.861. The van der Waals surface area contributed by atoms with Crippen molar-refractivity contribution in [2.75, 3.05) is 0 Å². The zero-order valence-corrected chi connectivity index (χ0v) is 12.1. The van der Waals surface area contributed by atoms with Crippen molar-refractivity contribution in [3.05, 3.63) is 50.7 Å². The second-order valence-corrected chi connectivity index (χ2v) is 5.99. The lowest BCUT2D eigenvalue weighted by atomic mass is 10.0. The molecule has 0 spiro atoms. The molecule has 1 N–H and O–H groups in total. The first-order valence-electron chi connectivity index (χ1n) is 6.16. The lowest BCUT2D eigenvalue weighted by Crippen LogP contribution is -2.10. The van der Waals surface area contributed by atoms with Crippen LogP contribution in [0.15, 0.2) is 18.2 Å². The minimum atomic E-state index is -4.57. The van der Waals surface area contributed by atoms with Gasteiger partial charge in [-0.2, -0.15) is 13.2 Å². The van der Waals surface area contributed by atoms with Gasteiger partial charge in [0, 0.05) is 16.9 Å². The Kier molecular flexibility index (Phi) is 4.34. The van der Waals surface area contributed by atoms with Crippen LogP contribution < -0.4 is 0 Å². The van der Waals surface area contributed by atoms with Gasteiger partial charge >= 0.3 is 6.18 Å². The molecule has 0 aliphatic heterocycles. The van der Waals surface area contributed by atoms with Crippen molar-refractivity contribution in [3.63, 3.8) is 0 Å². The number of benzene rings is 1. The summed E-state index contributed by atoms with van der Waals surface area (Å²) in [5.41, 5.74) is -0.550. The zero-order valence-electron chi connectivity index (χ0n) is 11.3. The van der Waals surface area contributed by atoms with E-state index >= 15 is 0 Å². The Morgan fingerprint density at radius 3 is 2.48 bits per heavy atom. The number of aryl methyl sites for hydroxylation is 2. The second-order valence-electron chi connectivity index (χ2n) is 4.70. The van der Waals surface area contributed by atoms with Gasteiger partial charge in [-0.25, -0.2) is 9.37 Å². The molecule has 2 rings (SSSR count). The molecular weight excluding hydrogens is 306 g/mol. The van der Waals surface area contributed by atoms with E-state index in [9.17, 15) is 22.7 Å². The second kappa shape index (κ2) is 5.73. The number of rotatable bonds is 3. The van der Waals surface area contributed by atoms with Gasteiger partial charge < -0.3 is 5.11 Å². The Bertz CT molecular complexity index is 631. The van der Waals surface area contributed by atoms with Crippen LogP contribution in [0.2, 0.25) is 0 Å². The fourth-order valence-corrected chi connectivity index (χ4v) is 2.85. The van der Waals surface area contributed by atoms with Crippen LogP contribution in [-0.4, -0.2) is 10.1 Å². The third-order valence-electron chi connectivity index (χ3n) is 3.12. The number of aliphatic hydroxyl groups excluding tert-OH is 1. The number of aromatic nitrogens is 1. The molecule has 0 amide bonds. The third-order valence-corrected chi connectivity index (χ3v) is 4.22. The van der Waals surface area contributed by atoms with Crippen LogP contribution in [-0.2, 0) is 12.6 Å². The predicted octanol–water partition coefficient (Wildman–Crippen LogP) is 4.19. The third kappa shape index (κ3) is 3.59. The maximum atomic E-state index is 13.7. The van der Waals surface area contributed by atoms with E-state index in [2.05, 4.69) is 4.98 Å². The van der Waals surface area contributed by atoms with Crippen molar-refractivity contribution in [3.8, 4) is 0 Å². The van der Waals surface area contributed by atoms with Gasteiger partial charge in [-0.05, 0) is 32.0 Å². The average Bonchev–Trinajstić information content (AvgIpc) is 2.67. The smallest absolute Gasteiger partial charge is 0.388 e. The fraction of sp³-hybridized carbons (Fsp3) is 0.357. The molecule has 0 saturated heterocycles. The topological polar surface area (TPSA) is 33.1 Å². The molecule has 0 bridgehead atoms. The SMILES string of the molecule is Cc1nc(CC(O)c2cc(C(F)(F)F)ccc2F)sc1C. The van der Waals surface area contributed by atoms with E-state index in [-0.39, 0.29) is 12.0 Å². The maximum absolute atomic E-state index is 13.7. The van der Waals surface area contributed by atoms with Crippen molar-refractivity contribution in [1.82, 2.24) is 4.98 Å². The van der Waals surface area contributed by atoms with E-state index in [1.807, 2.05) is 6.92 Å². The van der Waals surface area contributed by atoms with Crippen LogP contribution in [0.5, 0.6) is 0 Å². The highest BCUT2D eigenvalue weighted by Crippen LogP contribution is 2.33. The molecule has 0 aliphatic rings. The number of hydrogen-bond acceptors (Lipinski definition) is 3. The first kappa shape index (κ1) is 15.9. The summed E-state index contributed by atoms with van der Waals surface area (Å²) in [5, 5.41) is 10.6. The Morgan fingerprint density at radius 2 is 1.95 bits per heavy atom. The number of aliphatic hydroxyl groups is 1. The van der Waals surface area contributed by atoms with Crippen LogP contribution in [0.4, 0.5) is 17.6 Å². The highest BCUT2D eigenvalue weighted by molar-refractivity contribution is 7.11. The number of halogens is 4. The monoisotopic (exact) mass is 319 g/mol. The molecule has 1 aromatic carbocycles. The number of hydrogen-bond donors (Lipinski definition) is 1. The lowest BCUT2D eigenvalue weighted by molar-refractivity contribution is -0.137. The molecule has 2 aromatic rings. The van der Waals surface area contributed by atoms with E-state index in [1.54, 1.807) is 6.92 Å². The molecular formula is C14H13F4NOS. The number of nitrogens with zero attached hydrogens (tertiary/aromatic N) is 1. The lowest BCUT2D eigenvalue weighted by Gasteiger charge is -2.13. The molecule has 1 unspecified atom stereocenters. The average molecular weight is 319 g/mol. The largest absolute Gasteiger partial charge is 0.416 e. The molecule has 7 heteroatoms. The van der Waals surface area contributed by atoms with Gasteiger partial charge in [0.15, 0.2) is 0 Å². The summed E-state index contributed by atoms with van der Waals surface area (Å²) in [4.78, 5) is 5.15. The molecule has 114 valence electrons. The van der Waals surface area contributed by atoms with Crippen molar-refractivity contribution in [1.29, 1.82) is 0 Å². The van der Waals surface area contributed by atoms with Crippen LogP contribution in [0.25, 0.3) is 0 Å². The quantitative estimate of drug-likeness (QED) is 0.860. The van der Waals surface area contributed by atoms with Gasteiger partial charge in [-0.1, -0.05) is 0 Å². The van der Waals surface area contributed by atoms with Crippen LogP contribution in [0, 0.1) is 19.7 Å².